The summed E-state index contributed by atoms with van der Waals surface area (Å²) >= 11 is 0. The molecule has 0 aliphatic carbocycles. The lowest BCUT2D eigenvalue weighted by Gasteiger charge is -2.32. The molecule has 5 heteroatoms. The first-order valence-electron chi connectivity index (χ1n) is 6.69. The summed E-state index contributed by atoms with van der Waals surface area (Å²) in [5, 5.41) is 3.42. The zero-order chi connectivity index (χ0) is 13.1. The van der Waals surface area contributed by atoms with Crippen LogP contribution in [-0.2, 0) is 6.42 Å². The third-order valence-corrected chi connectivity index (χ3v) is 3.64. The molecule has 1 fully saturated rings. The first-order valence-corrected chi connectivity index (χ1v) is 6.69. The van der Waals surface area contributed by atoms with Crippen molar-refractivity contribution in [3.05, 3.63) is 36.4 Å². The molecule has 5 nitrogen and oxygen atoms in total. The number of nitrogens with zero attached hydrogens (tertiary/aromatic N) is 3. The molecule has 1 aliphatic rings. The Morgan fingerprint density at radius 3 is 3.16 bits per heavy atom. The lowest BCUT2D eigenvalue weighted by molar-refractivity contribution is 0.197. The molecule has 100 valence electrons. The standard InChI is InChI=1S/C14H19N5/c1-19-8-7-15-10-11(19)9-14-17-6-4-13(18-14)12-3-2-5-16-12/h2-6,11,15-16H,7-10H2,1H3. The Balaban J connectivity index is 1.76. The zero-order valence-electron chi connectivity index (χ0n) is 11.1. The number of rotatable bonds is 3. The molecule has 19 heavy (non-hydrogen) atoms. The largest absolute Gasteiger partial charge is 0.360 e. The van der Waals surface area contributed by atoms with E-state index in [1.54, 1.807) is 0 Å². The summed E-state index contributed by atoms with van der Waals surface area (Å²) in [6.45, 7) is 3.16. The molecule has 2 aromatic rings. The second-order valence-corrected chi connectivity index (χ2v) is 4.98. The monoisotopic (exact) mass is 257 g/mol. The number of aromatic amines is 1. The van der Waals surface area contributed by atoms with Gasteiger partial charge in [-0.25, -0.2) is 9.97 Å². The third-order valence-electron chi connectivity index (χ3n) is 3.64. The van der Waals surface area contributed by atoms with Crippen LogP contribution in [0.5, 0.6) is 0 Å². The molecule has 1 saturated heterocycles. The van der Waals surface area contributed by atoms with E-state index in [9.17, 15) is 0 Å². The second-order valence-electron chi connectivity index (χ2n) is 4.98. The number of nitrogens with one attached hydrogen (secondary N) is 2. The van der Waals surface area contributed by atoms with E-state index in [-0.39, 0.29) is 0 Å². The van der Waals surface area contributed by atoms with E-state index in [1.807, 2.05) is 30.6 Å². The van der Waals surface area contributed by atoms with Crippen molar-refractivity contribution in [2.24, 2.45) is 0 Å². The van der Waals surface area contributed by atoms with E-state index in [4.69, 9.17) is 0 Å². The van der Waals surface area contributed by atoms with E-state index in [2.05, 4.69) is 32.2 Å². The Kier molecular flexibility index (Phi) is 3.57. The first kappa shape index (κ1) is 12.3. The molecule has 0 aromatic carbocycles. The number of hydrogen-bond donors (Lipinski definition) is 2. The van der Waals surface area contributed by atoms with Gasteiger partial charge >= 0.3 is 0 Å². The van der Waals surface area contributed by atoms with Gasteiger partial charge in [-0.2, -0.15) is 0 Å². The van der Waals surface area contributed by atoms with Crippen LogP contribution in [0.3, 0.4) is 0 Å². The summed E-state index contributed by atoms with van der Waals surface area (Å²) in [4.78, 5) is 14.6. The van der Waals surface area contributed by atoms with Crippen molar-refractivity contribution < 1.29 is 0 Å². The van der Waals surface area contributed by atoms with Crippen LogP contribution >= 0.6 is 0 Å². The van der Waals surface area contributed by atoms with Crippen LogP contribution in [0.25, 0.3) is 11.4 Å². The number of likely N-dealkylation sites (N-methyl/N-ethyl adjacent to an activating group) is 1. The highest BCUT2D eigenvalue weighted by Crippen LogP contribution is 2.14. The molecule has 0 amide bonds. The van der Waals surface area contributed by atoms with Gasteiger partial charge in [0.05, 0.1) is 11.4 Å². The van der Waals surface area contributed by atoms with E-state index < -0.39 is 0 Å². The summed E-state index contributed by atoms with van der Waals surface area (Å²) in [7, 11) is 2.17. The summed E-state index contributed by atoms with van der Waals surface area (Å²) in [6.07, 6.45) is 4.64. The average molecular weight is 257 g/mol. The molecule has 3 heterocycles. The Hall–Kier alpha value is -1.72. The molecule has 1 atom stereocenters. The summed E-state index contributed by atoms with van der Waals surface area (Å²) in [6, 6.07) is 6.43. The average Bonchev–Trinajstić information content (AvgIpc) is 2.96. The third kappa shape index (κ3) is 2.83. The van der Waals surface area contributed by atoms with Gasteiger partial charge in [-0.15, -0.1) is 0 Å². The van der Waals surface area contributed by atoms with Crippen molar-refractivity contribution in [3.63, 3.8) is 0 Å². The highest BCUT2D eigenvalue weighted by Gasteiger charge is 2.20. The van der Waals surface area contributed by atoms with Gasteiger partial charge in [0.1, 0.15) is 5.82 Å². The molecule has 0 spiro atoms. The fourth-order valence-corrected chi connectivity index (χ4v) is 2.44. The molecule has 0 radical (unpaired) electrons. The van der Waals surface area contributed by atoms with Gasteiger partial charge in [-0.3, -0.25) is 0 Å². The van der Waals surface area contributed by atoms with E-state index >= 15 is 0 Å². The van der Waals surface area contributed by atoms with Crippen molar-refractivity contribution in [1.82, 2.24) is 25.2 Å². The molecule has 0 saturated carbocycles. The van der Waals surface area contributed by atoms with Gasteiger partial charge in [-0.05, 0) is 25.2 Å². The highest BCUT2D eigenvalue weighted by molar-refractivity contribution is 5.53. The molecule has 3 rings (SSSR count). The number of aromatic nitrogens is 3. The lowest BCUT2D eigenvalue weighted by atomic mass is 10.1. The normalized spacial score (nSPS) is 20.6. The first-order chi connectivity index (χ1) is 9.33. The number of piperazine rings is 1. The van der Waals surface area contributed by atoms with Crippen LogP contribution in [-0.4, -0.2) is 52.6 Å². The molecular formula is C14H19N5. The minimum atomic E-state index is 0.479. The fraction of sp³-hybridized carbons (Fsp3) is 0.429. The van der Waals surface area contributed by atoms with Gasteiger partial charge in [0.2, 0.25) is 0 Å². The zero-order valence-corrected chi connectivity index (χ0v) is 11.1. The van der Waals surface area contributed by atoms with Crippen molar-refractivity contribution in [1.29, 1.82) is 0 Å². The van der Waals surface area contributed by atoms with Crippen LogP contribution in [0.4, 0.5) is 0 Å². The molecule has 1 aliphatic heterocycles. The molecule has 1 unspecified atom stereocenters. The van der Waals surface area contributed by atoms with Gasteiger partial charge in [-0.1, -0.05) is 0 Å². The van der Waals surface area contributed by atoms with Crippen LogP contribution in [0, 0.1) is 0 Å². The second kappa shape index (κ2) is 5.50. The maximum atomic E-state index is 4.65. The fourth-order valence-electron chi connectivity index (χ4n) is 2.44. The SMILES string of the molecule is CN1CCNCC1Cc1nccc(-c2ccc[nH]2)n1. The van der Waals surface area contributed by atoms with Crippen molar-refractivity contribution in [2.75, 3.05) is 26.7 Å². The van der Waals surface area contributed by atoms with Crippen molar-refractivity contribution in [2.45, 2.75) is 12.5 Å². The maximum Gasteiger partial charge on any atom is 0.130 e. The predicted molar refractivity (Wildman–Crippen MR) is 74.8 cm³/mol. The summed E-state index contributed by atoms with van der Waals surface area (Å²) < 4.78 is 0. The van der Waals surface area contributed by atoms with Crippen molar-refractivity contribution in [3.8, 4) is 11.4 Å². The highest BCUT2D eigenvalue weighted by atomic mass is 15.2. The van der Waals surface area contributed by atoms with Gasteiger partial charge in [0, 0.05) is 44.5 Å². The molecule has 2 N–H and O–H groups in total. The predicted octanol–water partition coefficient (Wildman–Crippen LogP) is 0.918. The lowest BCUT2D eigenvalue weighted by Crippen LogP contribution is -2.50. The van der Waals surface area contributed by atoms with Gasteiger partial charge in [0.15, 0.2) is 0 Å². The summed E-state index contributed by atoms with van der Waals surface area (Å²) in [5.41, 5.74) is 2.00. The quantitative estimate of drug-likeness (QED) is 0.858. The Morgan fingerprint density at radius 1 is 1.42 bits per heavy atom. The minimum absolute atomic E-state index is 0.479. The maximum absolute atomic E-state index is 4.65. The van der Waals surface area contributed by atoms with E-state index in [0.717, 1.165) is 43.3 Å². The smallest absolute Gasteiger partial charge is 0.130 e. The van der Waals surface area contributed by atoms with Crippen LogP contribution in [0.2, 0.25) is 0 Å². The Labute approximate surface area is 113 Å². The topological polar surface area (TPSA) is 56.8 Å². The van der Waals surface area contributed by atoms with Gasteiger partial charge < -0.3 is 15.2 Å². The molecule has 0 bridgehead atoms. The number of H-pyrrole nitrogens is 1. The minimum Gasteiger partial charge on any atom is -0.360 e. The molecular weight excluding hydrogens is 238 g/mol. The van der Waals surface area contributed by atoms with Crippen LogP contribution < -0.4 is 5.32 Å². The number of hydrogen-bond acceptors (Lipinski definition) is 4. The van der Waals surface area contributed by atoms with E-state index in [0.29, 0.717) is 6.04 Å². The van der Waals surface area contributed by atoms with Crippen molar-refractivity contribution >= 4 is 0 Å². The van der Waals surface area contributed by atoms with Gasteiger partial charge in [0.25, 0.3) is 0 Å². The van der Waals surface area contributed by atoms with Crippen LogP contribution in [0.15, 0.2) is 30.6 Å². The van der Waals surface area contributed by atoms with E-state index in [1.165, 1.54) is 0 Å². The Bertz CT molecular complexity index is 522. The van der Waals surface area contributed by atoms with Crippen LogP contribution in [0.1, 0.15) is 5.82 Å². The summed E-state index contributed by atoms with van der Waals surface area (Å²) in [5.74, 6) is 0.910. The Morgan fingerprint density at radius 2 is 2.37 bits per heavy atom. The molecule has 2 aromatic heterocycles.